The highest BCUT2D eigenvalue weighted by Gasteiger charge is 2.13. The summed E-state index contributed by atoms with van der Waals surface area (Å²) in [6.07, 6.45) is 0.249. The van der Waals surface area contributed by atoms with E-state index in [0.717, 1.165) is 22.4 Å². The van der Waals surface area contributed by atoms with Crippen molar-refractivity contribution in [3.63, 3.8) is 0 Å². The van der Waals surface area contributed by atoms with Crippen LogP contribution in [0.3, 0.4) is 0 Å². The molecule has 0 aliphatic carbocycles. The van der Waals surface area contributed by atoms with E-state index in [1.54, 1.807) is 12.3 Å². The second-order valence-electron chi connectivity index (χ2n) is 10.4. The van der Waals surface area contributed by atoms with Gasteiger partial charge in [-0.15, -0.1) is 0 Å². The van der Waals surface area contributed by atoms with Crippen molar-refractivity contribution < 1.29 is 2.74 Å². The highest BCUT2D eigenvalue weighted by Crippen LogP contribution is 2.32. The van der Waals surface area contributed by atoms with Gasteiger partial charge in [0.1, 0.15) is 0 Å². The second-order valence-corrected chi connectivity index (χ2v) is 10.4. The largest absolute Gasteiger partial charge is 0.256 e. The lowest BCUT2D eigenvalue weighted by atomic mass is 9.88. The van der Waals surface area contributed by atoms with E-state index in [2.05, 4.69) is 103 Å². The van der Waals surface area contributed by atoms with E-state index in [1.165, 1.54) is 27.8 Å². The molecule has 0 amide bonds. The molecule has 4 aromatic carbocycles. The van der Waals surface area contributed by atoms with Gasteiger partial charge in [-0.2, -0.15) is 0 Å². The average Bonchev–Trinajstić information content (AvgIpc) is 2.93. The van der Waals surface area contributed by atoms with Crippen LogP contribution in [-0.4, -0.2) is 4.98 Å². The first kappa shape index (κ1) is 21.3. The van der Waals surface area contributed by atoms with Crippen molar-refractivity contribution in [2.24, 2.45) is 5.41 Å². The molecule has 0 saturated carbocycles. The maximum atomic E-state index is 8.67. The van der Waals surface area contributed by atoms with Gasteiger partial charge in [0.2, 0.25) is 0 Å². The van der Waals surface area contributed by atoms with E-state index in [9.17, 15) is 0 Å². The molecule has 0 N–H and O–H groups in total. The van der Waals surface area contributed by atoms with Crippen LogP contribution in [0.2, 0.25) is 0 Å². The lowest BCUT2D eigenvalue weighted by Crippen LogP contribution is -2.09. The third kappa shape index (κ3) is 5.47. The van der Waals surface area contributed by atoms with Crippen LogP contribution in [-0.2, 0) is 6.37 Å². The Bertz CT molecular complexity index is 1550. The summed E-state index contributed by atoms with van der Waals surface area (Å²) in [7, 11) is 0. The fourth-order valence-corrected chi connectivity index (χ4v) is 4.52. The fraction of sp³-hybridized carbons (Fsp3) is 0.171. The molecule has 0 aliphatic heterocycles. The fourth-order valence-electron chi connectivity index (χ4n) is 4.52. The smallest absolute Gasteiger partial charge is 0.0704 e. The van der Waals surface area contributed by atoms with Crippen LogP contribution >= 0.6 is 0 Å². The van der Waals surface area contributed by atoms with Crippen molar-refractivity contribution in [2.75, 3.05) is 0 Å². The SMILES string of the molecule is [2H]C([2H])(c1ccnc(-c2ccc(C)c(-c3ccc(-c4ccc(-c5ccccc5)cc4)cc3)c2)c1)C(C)(C)C. The Balaban J connectivity index is 1.43. The molecule has 0 atom stereocenters. The van der Waals surface area contributed by atoms with Crippen LogP contribution in [0, 0.1) is 12.3 Å². The Morgan fingerprint density at radius 1 is 0.611 bits per heavy atom. The zero-order valence-electron chi connectivity index (χ0n) is 23.4. The van der Waals surface area contributed by atoms with E-state index in [1.807, 2.05) is 32.9 Å². The summed E-state index contributed by atoms with van der Waals surface area (Å²) in [6.45, 7) is 7.91. The molecule has 5 aromatic rings. The van der Waals surface area contributed by atoms with Crippen LogP contribution in [0.4, 0.5) is 0 Å². The summed E-state index contributed by atoms with van der Waals surface area (Å²) in [5.74, 6) is 0. The van der Waals surface area contributed by atoms with Crippen LogP contribution in [0.5, 0.6) is 0 Å². The molecule has 0 spiro atoms. The monoisotopic (exact) mass is 469 g/mol. The number of aromatic nitrogens is 1. The van der Waals surface area contributed by atoms with Gasteiger partial charge in [0.25, 0.3) is 0 Å². The molecular weight excluding hydrogens is 434 g/mol. The molecule has 0 unspecified atom stereocenters. The lowest BCUT2D eigenvalue weighted by Gasteiger charge is -2.18. The normalized spacial score (nSPS) is 12.7. The summed E-state index contributed by atoms with van der Waals surface area (Å²) in [5, 5.41) is 0. The summed E-state index contributed by atoms with van der Waals surface area (Å²) in [5.41, 5.74) is 10.2. The quantitative estimate of drug-likeness (QED) is 0.250. The van der Waals surface area contributed by atoms with Gasteiger partial charge >= 0.3 is 0 Å². The van der Waals surface area contributed by atoms with Gasteiger partial charge in [0.05, 0.1) is 5.69 Å². The van der Waals surface area contributed by atoms with Gasteiger partial charge in [-0.1, -0.05) is 112 Å². The Hall–Kier alpha value is -3.97. The highest BCUT2D eigenvalue weighted by molar-refractivity contribution is 5.77. The summed E-state index contributed by atoms with van der Waals surface area (Å²) < 4.78 is 17.3. The van der Waals surface area contributed by atoms with E-state index in [0.29, 0.717) is 5.56 Å². The summed E-state index contributed by atoms with van der Waals surface area (Å²) in [6, 6.07) is 37.9. The van der Waals surface area contributed by atoms with E-state index in [4.69, 9.17) is 2.74 Å². The van der Waals surface area contributed by atoms with Crippen molar-refractivity contribution >= 4 is 0 Å². The molecule has 0 fully saturated rings. The van der Waals surface area contributed by atoms with Crippen LogP contribution in [0.15, 0.2) is 115 Å². The predicted molar refractivity (Wildman–Crippen MR) is 154 cm³/mol. The highest BCUT2D eigenvalue weighted by atomic mass is 14.7. The van der Waals surface area contributed by atoms with Crippen LogP contribution < -0.4 is 0 Å². The number of hydrogen-bond donors (Lipinski definition) is 0. The van der Waals surface area contributed by atoms with Crippen molar-refractivity contribution in [3.05, 3.63) is 127 Å². The van der Waals surface area contributed by atoms with Gasteiger partial charge in [-0.05, 0) is 81.4 Å². The molecule has 1 heteroatoms. The second kappa shape index (κ2) is 9.95. The first-order chi connectivity index (χ1) is 18.1. The number of nitrogens with zero attached hydrogens (tertiary/aromatic N) is 1. The lowest BCUT2D eigenvalue weighted by molar-refractivity contribution is 0.411. The van der Waals surface area contributed by atoms with Gasteiger partial charge < -0.3 is 0 Å². The van der Waals surface area contributed by atoms with E-state index in [-0.39, 0.29) is 0 Å². The maximum Gasteiger partial charge on any atom is 0.0704 e. The number of aryl methyl sites for hydroxylation is 1. The molecular formula is C35H33N. The first-order valence-electron chi connectivity index (χ1n) is 13.5. The van der Waals surface area contributed by atoms with Crippen LogP contribution in [0.1, 0.15) is 34.6 Å². The third-order valence-electron chi connectivity index (χ3n) is 6.33. The summed E-state index contributed by atoms with van der Waals surface area (Å²) >= 11 is 0. The molecule has 0 radical (unpaired) electrons. The molecule has 1 heterocycles. The summed E-state index contributed by atoms with van der Waals surface area (Å²) in [4.78, 5) is 4.59. The van der Waals surface area contributed by atoms with Crippen molar-refractivity contribution in [3.8, 4) is 44.6 Å². The molecule has 36 heavy (non-hydrogen) atoms. The molecule has 5 rings (SSSR count). The third-order valence-corrected chi connectivity index (χ3v) is 6.33. The maximum absolute atomic E-state index is 8.67. The number of hydrogen-bond acceptors (Lipinski definition) is 1. The van der Waals surface area contributed by atoms with Gasteiger partial charge in [-0.3, -0.25) is 4.98 Å². The molecule has 0 saturated heterocycles. The minimum absolute atomic E-state index is 0.520. The van der Waals surface area contributed by atoms with E-state index >= 15 is 0 Å². The topological polar surface area (TPSA) is 12.9 Å². The Morgan fingerprint density at radius 2 is 1.14 bits per heavy atom. The van der Waals surface area contributed by atoms with Crippen molar-refractivity contribution in [2.45, 2.75) is 34.1 Å². The van der Waals surface area contributed by atoms with Crippen molar-refractivity contribution in [1.29, 1.82) is 0 Å². The Kier molecular flexibility index (Phi) is 5.89. The number of rotatable bonds is 5. The Labute approximate surface area is 218 Å². The number of pyridine rings is 1. The zero-order chi connectivity index (χ0) is 26.9. The minimum atomic E-state index is -1.46. The predicted octanol–water partition coefficient (Wildman–Crippen LogP) is 9.65. The van der Waals surface area contributed by atoms with Gasteiger partial charge in [-0.25, -0.2) is 0 Å². The average molecular weight is 470 g/mol. The molecule has 178 valence electrons. The van der Waals surface area contributed by atoms with Crippen molar-refractivity contribution in [1.82, 2.24) is 4.98 Å². The zero-order valence-corrected chi connectivity index (χ0v) is 21.4. The molecule has 1 aromatic heterocycles. The standard InChI is InChI=1S/C35H33N/c1-25-10-11-32(34-22-26(20-21-36-34)24-35(2,3)4)23-33(25)31-18-16-30(17-19-31)29-14-12-28(13-15-29)27-8-6-5-7-9-27/h5-23H,24H2,1-4H3/i24D2. The van der Waals surface area contributed by atoms with Crippen LogP contribution in [0.25, 0.3) is 44.6 Å². The van der Waals surface area contributed by atoms with E-state index < -0.39 is 11.8 Å². The molecule has 0 aliphatic rings. The molecule has 0 bridgehead atoms. The van der Waals surface area contributed by atoms with Gasteiger partial charge in [0.15, 0.2) is 0 Å². The van der Waals surface area contributed by atoms with Gasteiger partial charge in [0, 0.05) is 14.5 Å². The molecule has 1 nitrogen and oxygen atoms in total. The first-order valence-corrected chi connectivity index (χ1v) is 12.5. The Morgan fingerprint density at radius 3 is 1.72 bits per heavy atom. The minimum Gasteiger partial charge on any atom is -0.256 e. The number of benzene rings is 4.